The number of carbonyl (C=O) groups is 3. The quantitative estimate of drug-likeness (QED) is 0.251. The van der Waals surface area contributed by atoms with Crippen LogP contribution in [-0.2, 0) is 9.59 Å². The van der Waals surface area contributed by atoms with Crippen molar-refractivity contribution in [3.8, 4) is 11.3 Å². The van der Waals surface area contributed by atoms with Gasteiger partial charge in [0.05, 0.1) is 10.6 Å². The highest BCUT2D eigenvalue weighted by molar-refractivity contribution is 6.39. The molecule has 1 aliphatic heterocycles. The first kappa shape index (κ1) is 21.3. The molecule has 0 unspecified atom stereocenters. The van der Waals surface area contributed by atoms with Gasteiger partial charge in [0.1, 0.15) is 22.1 Å². The Bertz CT molecular complexity index is 1310. The maximum atomic E-state index is 12.9. The van der Waals surface area contributed by atoms with Crippen molar-refractivity contribution in [2.24, 2.45) is 0 Å². The zero-order chi connectivity index (χ0) is 23.0. The van der Waals surface area contributed by atoms with E-state index in [0.717, 1.165) is 4.90 Å². The summed E-state index contributed by atoms with van der Waals surface area (Å²) in [6.45, 7) is 0. The third-order valence-corrected chi connectivity index (χ3v) is 5.10. The number of nitrogens with one attached hydrogen (secondary N) is 1. The van der Waals surface area contributed by atoms with Crippen LogP contribution >= 0.6 is 23.2 Å². The minimum Gasteiger partial charge on any atom is -0.457 e. The molecule has 1 N–H and O–H groups in total. The van der Waals surface area contributed by atoms with Crippen molar-refractivity contribution < 1.29 is 23.7 Å². The van der Waals surface area contributed by atoms with Crippen molar-refractivity contribution in [1.29, 1.82) is 0 Å². The number of barbiturate groups is 1. The monoisotopic (exact) mass is 471 g/mol. The molecule has 2 heterocycles. The van der Waals surface area contributed by atoms with E-state index in [1.807, 2.05) is 0 Å². The number of imide groups is 2. The molecule has 9 nitrogen and oxygen atoms in total. The molecule has 32 heavy (non-hydrogen) atoms. The normalized spacial score (nSPS) is 15.2. The van der Waals surface area contributed by atoms with Crippen molar-refractivity contribution in [2.45, 2.75) is 0 Å². The first-order valence-electron chi connectivity index (χ1n) is 8.96. The largest absolute Gasteiger partial charge is 0.457 e. The van der Waals surface area contributed by atoms with Crippen LogP contribution in [0.1, 0.15) is 5.76 Å². The van der Waals surface area contributed by atoms with Gasteiger partial charge in [-0.15, -0.1) is 0 Å². The Labute approximate surface area is 190 Å². The Kier molecular flexibility index (Phi) is 5.52. The van der Waals surface area contributed by atoms with Crippen LogP contribution in [0.25, 0.3) is 17.4 Å². The van der Waals surface area contributed by atoms with E-state index in [-0.39, 0.29) is 33.5 Å². The highest BCUT2D eigenvalue weighted by atomic mass is 35.5. The lowest BCUT2D eigenvalue weighted by molar-refractivity contribution is -0.384. The molecule has 3 aromatic rings. The fourth-order valence-electron chi connectivity index (χ4n) is 3.02. The molecule has 1 aliphatic rings. The molecule has 0 bridgehead atoms. The smallest absolute Gasteiger partial charge is 0.335 e. The Hall–Kier alpha value is -3.95. The van der Waals surface area contributed by atoms with Crippen molar-refractivity contribution in [3.05, 3.63) is 86.1 Å². The second-order valence-electron chi connectivity index (χ2n) is 6.56. The van der Waals surface area contributed by atoms with Crippen molar-refractivity contribution in [1.82, 2.24) is 5.32 Å². The van der Waals surface area contributed by atoms with Crippen LogP contribution in [0.4, 0.5) is 16.2 Å². The zero-order valence-electron chi connectivity index (χ0n) is 15.9. The average Bonchev–Trinajstić information content (AvgIpc) is 3.21. The van der Waals surface area contributed by atoms with E-state index in [2.05, 4.69) is 5.32 Å². The summed E-state index contributed by atoms with van der Waals surface area (Å²) in [4.78, 5) is 48.7. The molecule has 2 aromatic carbocycles. The van der Waals surface area contributed by atoms with Gasteiger partial charge in [-0.2, -0.15) is 0 Å². The fourth-order valence-corrected chi connectivity index (χ4v) is 3.33. The van der Waals surface area contributed by atoms with Crippen LogP contribution in [0.3, 0.4) is 0 Å². The van der Waals surface area contributed by atoms with Gasteiger partial charge in [-0.25, -0.2) is 9.69 Å². The van der Waals surface area contributed by atoms with Crippen molar-refractivity contribution >= 4 is 58.5 Å². The highest BCUT2D eigenvalue weighted by Gasteiger charge is 2.37. The van der Waals surface area contributed by atoms with Crippen LogP contribution in [0, 0.1) is 10.1 Å². The first-order chi connectivity index (χ1) is 15.2. The number of amides is 4. The Morgan fingerprint density at radius 3 is 2.41 bits per heavy atom. The third-order valence-electron chi connectivity index (χ3n) is 4.53. The molecule has 0 spiro atoms. The van der Waals surface area contributed by atoms with Gasteiger partial charge < -0.3 is 4.42 Å². The summed E-state index contributed by atoms with van der Waals surface area (Å²) in [5.41, 5.74) is -0.0194. The molecule has 4 rings (SSSR count). The van der Waals surface area contributed by atoms with Gasteiger partial charge in [0.25, 0.3) is 17.5 Å². The van der Waals surface area contributed by atoms with E-state index in [1.165, 1.54) is 60.7 Å². The van der Waals surface area contributed by atoms with Gasteiger partial charge in [-0.3, -0.25) is 25.0 Å². The van der Waals surface area contributed by atoms with Crippen LogP contribution in [0.5, 0.6) is 0 Å². The second-order valence-corrected chi connectivity index (χ2v) is 7.40. The molecular formula is C21H11Cl2N3O6. The molecule has 0 saturated carbocycles. The standard InChI is InChI=1S/C21H11Cl2N3O6/c22-12-2-4-13(5-3-12)25-20(28)15(19(27)24-21(25)29)10-14-6-8-18(32-14)11-1-7-16(23)17(9-11)26(30)31/h1-10H,(H,24,27,29). The summed E-state index contributed by atoms with van der Waals surface area (Å²) in [6.07, 6.45) is 1.18. The van der Waals surface area contributed by atoms with E-state index in [4.69, 9.17) is 27.6 Å². The average molecular weight is 472 g/mol. The lowest BCUT2D eigenvalue weighted by Gasteiger charge is -2.26. The summed E-state index contributed by atoms with van der Waals surface area (Å²) < 4.78 is 5.63. The molecule has 11 heteroatoms. The minimum atomic E-state index is -0.895. The lowest BCUT2D eigenvalue weighted by Crippen LogP contribution is -2.54. The third kappa shape index (κ3) is 3.98. The predicted octanol–water partition coefficient (Wildman–Crippen LogP) is 4.83. The van der Waals surface area contributed by atoms with Crippen molar-refractivity contribution in [2.75, 3.05) is 4.90 Å². The zero-order valence-corrected chi connectivity index (χ0v) is 17.4. The Balaban J connectivity index is 1.67. The number of nitrogens with zero attached hydrogens (tertiary/aromatic N) is 2. The molecule has 1 aromatic heterocycles. The summed E-state index contributed by atoms with van der Waals surface area (Å²) >= 11 is 11.7. The Morgan fingerprint density at radius 1 is 1.00 bits per heavy atom. The first-order valence-corrected chi connectivity index (χ1v) is 9.71. The van der Waals surface area contributed by atoms with E-state index in [9.17, 15) is 24.5 Å². The number of nitro groups is 1. The van der Waals surface area contributed by atoms with Crippen molar-refractivity contribution in [3.63, 3.8) is 0 Å². The highest BCUT2D eigenvalue weighted by Crippen LogP contribution is 2.32. The number of furan rings is 1. The number of rotatable bonds is 4. The van der Waals surface area contributed by atoms with Crippen LogP contribution < -0.4 is 10.2 Å². The second kappa shape index (κ2) is 8.29. The van der Waals surface area contributed by atoms with Gasteiger partial charge in [-0.05, 0) is 54.6 Å². The topological polar surface area (TPSA) is 123 Å². The van der Waals surface area contributed by atoms with E-state index in [0.29, 0.717) is 10.6 Å². The summed E-state index contributed by atoms with van der Waals surface area (Å²) in [7, 11) is 0. The van der Waals surface area contributed by atoms with Gasteiger partial charge >= 0.3 is 6.03 Å². The molecule has 0 aliphatic carbocycles. The molecule has 0 atom stereocenters. The summed E-state index contributed by atoms with van der Waals surface area (Å²) in [5.74, 6) is -1.35. The van der Waals surface area contributed by atoms with Crippen LogP contribution in [-0.4, -0.2) is 22.8 Å². The van der Waals surface area contributed by atoms with Gasteiger partial charge in [0.2, 0.25) is 0 Å². The van der Waals surface area contributed by atoms with E-state index >= 15 is 0 Å². The molecular weight excluding hydrogens is 461 g/mol. The maximum Gasteiger partial charge on any atom is 0.335 e. The molecule has 1 fully saturated rings. The number of carbonyl (C=O) groups excluding carboxylic acids is 3. The fraction of sp³-hybridized carbons (Fsp3) is 0. The van der Waals surface area contributed by atoms with Gasteiger partial charge in [0.15, 0.2) is 0 Å². The molecule has 160 valence electrons. The lowest BCUT2D eigenvalue weighted by atomic mass is 10.1. The number of urea groups is 1. The Morgan fingerprint density at radius 2 is 1.72 bits per heavy atom. The summed E-state index contributed by atoms with van der Waals surface area (Å²) in [5, 5.41) is 13.6. The van der Waals surface area contributed by atoms with Gasteiger partial charge in [0, 0.05) is 16.7 Å². The number of halogens is 2. The summed E-state index contributed by atoms with van der Waals surface area (Å²) in [6, 6.07) is 12.2. The predicted molar refractivity (Wildman–Crippen MR) is 116 cm³/mol. The molecule has 1 saturated heterocycles. The number of hydrogen-bond acceptors (Lipinski definition) is 6. The number of hydrogen-bond donors (Lipinski definition) is 1. The molecule has 4 amide bonds. The minimum absolute atomic E-state index is 0.0240. The van der Waals surface area contributed by atoms with Gasteiger partial charge in [-0.1, -0.05) is 23.2 Å². The van der Waals surface area contributed by atoms with Crippen LogP contribution in [0.2, 0.25) is 10.0 Å². The van der Waals surface area contributed by atoms with Crippen LogP contribution in [0.15, 0.2) is 64.6 Å². The van der Waals surface area contributed by atoms with E-state index < -0.39 is 22.8 Å². The number of nitro benzene ring substituents is 1. The number of anilines is 1. The SMILES string of the molecule is O=C1NC(=O)N(c2ccc(Cl)cc2)C(=O)C1=Cc1ccc(-c2ccc(Cl)c([N+](=O)[O-])c2)o1. The number of benzene rings is 2. The maximum absolute atomic E-state index is 12.9. The van der Waals surface area contributed by atoms with E-state index in [1.54, 1.807) is 0 Å². The molecule has 0 radical (unpaired) electrons.